The van der Waals surface area contributed by atoms with Gasteiger partial charge in [-0.25, -0.2) is 0 Å². The van der Waals surface area contributed by atoms with Crippen LogP contribution in [0, 0.1) is 17.8 Å². The third-order valence-corrected chi connectivity index (χ3v) is 4.71. The summed E-state index contributed by atoms with van der Waals surface area (Å²) in [6.45, 7) is 6.34. The second-order valence-corrected chi connectivity index (χ2v) is 6.66. The van der Waals surface area contributed by atoms with Crippen molar-refractivity contribution in [1.82, 2.24) is 0 Å². The van der Waals surface area contributed by atoms with Gasteiger partial charge in [0.15, 0.2) is 0 Å². The molecule has 2 fully saturated rings. The van der Waals surface area contributed by atoms with Crippen molar-refractivity contribution in [1.29, 1.82) is 0 Å². The van der Waals surface area contributed by atoms with Crippen LogP contribution in [0.4, 0.5) is 0 Å². The number of hydrogen-bond acceptors (Lipinski definition) is 6. The van der Waals surface area contributed by atoms with E-state index in [-0.39, 0.29) is 41.3 Å². The Morgan fingerprint density at radius 2 is 1.36 bits per heavy atom. The molecule has 0 N–H and O–H groups in total. The van der Waals surface area contributed by atoms with E-state index in [0.717, 1.165) is 0 Å². The van der Waals surface area contributed by atoms with Crippen LogP contribution in [-0.2, 0) is 28.7 Å². The molecule has 0 saturated heterocycles. The average Bonchev–Trinajstić information content (AvgIpc) is 2.59. The predicted octanol–water partition coefficient (Wildman–Crippen LogP) is 2.86. The molecule has 2 aliphatic carbocycles. The summed E-state index contributed by atoms with van der Waals surface area (Å²) in [4.78, 5) is 44.5. The summed E-state index contributed by atoms with van der Waals surface area (Å²) in [7, 11) is 0. The summed E-state index contributed by atoms with van der Waals surface area (Å²) >= 11 is 0. The minimum atomic E-state index is -0.137. The Labute approximate surface area is 149 Å². The first-order valence-electron chi connectivity index (χ1n) is 9.26. The maximum Gasteiger partial charge on any atom is 0.308 e. The highest BCUT2D eigenvalue weighted by Crippen LogP contribution is 2.27. The summed E-state index contributed by atoms with van der Waals surface area (Å²) in [5.74, 6) is 0.237. The number of Topliss-reactive ketones (excluding diaryl/α,β-unsaturated/α-hetero) is 2. The van der Waals surface area contributed by atoms with Gasteiger partial charge in [-0.15, -0.1) is 0 Å². The van der Waals surface area contributed by atoms with Gasteiger partial charge in [-0.3, -0.25) is 19.2 Å². The van der Waals surface area contributed by atoms with Gasteiger partial charge >= 0.3 is 11.9 Å². The number of hydrogen-bond donors (Lipinski definition) is 0. The number of carbonyl (C=O) groups excluding carboxylic acids is 4. The van der Waals surface area contributed by atoms with Gasteiger partial charge in [0, 0.05) is 25.2 Å². The molecule has 0 aromatic rings. The first kappa shape index (κ1) is 21.3. The number of carbonyl (C=O) groups is 4. The standard InChI is InChI=1S/C10H16O3.C9H14O3/c1-3-13-10(12)8-4-5-9(11)7(2)6-8;1-2-12-9(11)7-3-5-8(10)6-4-7/h7-8H,3-6H2,1-2H3;7H,2-6H2,1H3. The highest BCUT2D eigenvalue weighted by Gasteiger charge is 2.30. The molecule has 0 aromatic heterocycles. The second kappa shape index (κ2) is 11.0. The molecule has 2 atom stereocenters. The van der Waals surface area contributed by atoms with E-state index < -0.39 is 0 Å². The molecule has 142 valence electrons. The number of ether oxygens (including phenoxy) is 2. The minimum absolute atomic E-state index is 0.0253. The summed E-state index contributed by atoms with van der Waals surface area (Å²) in [5.41, 5.74) is 0. The maximum atomic E-state index is 11.3. The Kier molecular flexibility index (Phi) is 9.39. The normalized spacial score (nSPS) is 24.1. The second-order valence-electron chi connectivity index (χ2n) is 6.66. The van der Waals surface area contributed by atoms with E-state index in [1.807, 2.05) is 6.92 Å². The van der Waals surface area contributed by atoms with Crippen molar-refractivity contribution in [2.45, 2.75) is 65.7 Å². The highest BCUT2D eigenvalue weighted by molar-refractivity contribution is 5.84. The van der Waals surface area contributed by atoms with Gasteiger partial charge in [0.25, 0.3) is 0 Å². The molecule has 0 bridgehead atoms. The van der Waals surface area contributed by atoms with Gasteiger partial charge < -0.3 is 9.47 Å². The molecule has 2 aliphatic rings. The first-order valence-corrected chi connectivity index (χ1v) is 9.26. The maximum absolute atomic E-state index is 11.3. The first-order chi connectivity index (χ1) is 11.9. The lowest BCUT2D eigenvalue weighted by Gasteiger charge is -2.23. The Balaban J connectivity index is 0.000000251. The summed E-state index contributed by atoms with van der Waals surface area (Å²) in [6, 6.07) is 0. The van der Waals surface area contributed by atoms with Crippen molar-refractivity contribution in [2.75, 3.05) is 13.2 Å². The van der Waals surface area contributed by atoms with E-state index in [1.165, 1.54) is 0 Å². The molecule has 2 unspecified atom stereocenters. The fourth-order valence-corrected chi connectivity index (χ4v) is 3.15. The van der Waals surface area contributed by atoms with Crippen molar-refractivity contribution in [3.05, 3.63) is 0 Å². The molecule has 6 heteroatoms. The molecule has 0 spiro atoms. The van der Waals surface area contributed by atoms with Crippen LogP contribution in [0.15, 0.2) is 0 Å². The molecule has 0 amide bonds. The van der Waals surface area contributed by atoms with Crippen molar-refractivity contribution in [2.24, 2.45) is 17.8 Å². The van der Waals surface area contributed by atoms with Crippen LogP contribution in [0.1, 0.15) is 65.7 Å². The van der Waals surface area contributed by atoms with Gasteiger partial charge in [0.2, 0.25) is 0 Å². The highest BCUT2D eigenvalue weighted by atomic mass is 16.5. The van der Waals surface area contributed by atoms with Gasteiger partial charge in [-0.1, -0.05) is 6.92 Å². The SMILES string of the molecule is CCOC(=O)C1CCC(=O)C(C)C1.CCOC(=O)C1CCC(=O)CC1. The Hall–Kier alpha value is -1.72. The molecule has 6 nitrogen and oxygen atoms in total. The Morgan fingerprint density at radius 1 is 0.880 bits per heavy atom. The molecule has 0 aromatic carbocycles. The molecular formula is C19H30O6. The zero-order valence-corrected chi connectivity index (χ0v) is 15.5. The van der Waals surface area contributed by atoms with E-state index in [9.17, 15) is 19.2 Å². The monoisotopic (exact) mass is 354 g/mol. The van der Waals surface area contributed by atoms with Crippen molar-refractivity contribution >= 4 is 23.5 Å². The van der Waals surface area contributed by atoms with E-state index >= 15 is 0 Å². The Bertz CT molecular complexity index is 474. The summed E-state index contributed by atoms with van der Waals surface area (Å²) < 4.78 is 9.78. The molecule has 2 saturated carbocycles. The van der Waals surface area contributed by atoms with Crippen LogP contribution in [0.25, 0.3) is 0 Å². The lowest BCUT2D eigenvalue weighted by Crippen LogP contribution is -2.28. The van der Waals surface area contributed by atoms with E-state index in [2.05, 4.69) is 0 Å². The van der Waals surface area contributed by atoms with E-state index in [1.54, 1.807) is 13.8 Å². The Morgan fingerprint density at radius 3 is 1.84 bits per heavy atom. The zero-order valence-electron chi connectivity index (χ0n) is 15.5. The quantitative estimate of drug-likeness (QED) is 0.722. The topological polar surface area (TPSA) is 86.7 Å². The summed E-state index contributed by atoms with van der Waals surface area (Å²) in [6.07, 6.45) is 4.31. The predicted molar refractivity (Wildman–Crippen MR) is 91.7 cm³/mol. The third kappa shape index (κ3) is 7.36. The fraction of sp³-hybridized carbons (Fsp3) is 0.789. The van der Waals surface area contributed by atoms with Crippen LogP contribution < -0.4 is 0 Å². The van der Waals surface area contributed by atoms with Crippen molar-refractivity contribution in [3.8, 4) is 0 Å². The third-order valence-electron chi connectivity index (χ3n) is 4.71. The number of esters is 2. The zero-order chi connectivity index (χ0) is 18.8. The molecular weight excluding hydrogens is 324 g/mol. The van der Waals surface area contributed by atoms with Gasteiger partial charge in [0.1, 0.15) is 11.6 Å². The molecule has 0 radical (unpaired) electrons. The smallest absolute Gasteiger partial charge is 0.308 e. The fourth-order valence-electron chi connectivity index (χ4n) is 3.15. The molecule has 0 aliphatic heterocycles. The lowest BCUT2D eigenvalue weighted by molar-refractivity contribution is -0.151. The minimum Gasteiger partial charge on any atom is -0.466 e. The van der Waals surface area contributed by atoms with Crippen molar-refractivity contribution < 1.29 is 28.7 Å². The van der Waals surface area contributed by atoms with E-state index in [0.29, 0.717) is 58.2 Å². The van der Waals surface area contributed by atoms with Crippen LogP contribution in [0.2, 0.25) is 0 Å². The lowest BCUT2D eigenvalue weighted by atomic mass is 9.81. The summed E-state index contributed by atoms with van der Waals surface area (Å²) in [5, 5.41) is 0. The van der Waals surface area contributed by atoms with Gasteiger partial charge in [-0.05, 0) is 39.5 Å². The molecule has 2 rings (SSSR count). The number of rotatable bonds is 4. The number of ketones is 2. The van der Waals surface area contributed by atoms with E-state index in [4.69, 9.17) is 9.47 Å². The largest absolute Gasteiger partial charge is 0.466 e. The van der Waals surface area contributed by atoms with Gasteiger partial charge in [-0.2, -0.15) is 0 Å². The molecule has 0 heterocycles. The van der Waals surface area contributed by atoms with Crippen LogP contribution >= 0.6 is 0 Å². The van der Waals surface area contributed by atoms with Crippen LogP contribution in [0.5, 0.6) is 0 Å². The van der Waals surface area contributed by atoms with Crippen LogP contribution in [0.3, 0.4) is 0 Å². The van der Waals surface area contributed by atoms with Crippen molar-refractivity contribution in [3.63, 3.8) is 0 Å². The van der Waals surface area contributed by atoms with Crippen LogP contribution in [-0.4, -0.2) is 36.7 Å². The molecule has 25 heavy (non-hydrogen) atoms. The van der Waals surface area contributed by atoms with Gasteiger partial charge in [0.05, 0.1) is 25.0 Å². The average molecular weight is 354 g/mol.